The quantitative estimate of drug-likeness (QED) is 0.582. The number of benzene rings is 1. The number of halogens is 3. The minimum Gasteiger partial charge on any atom is -0.494 e. The average molecular weight is 351 g/mol. The fourth-order valence-corrected chi connectivity index (χ4v) is 2.38. The van der Waals surface area contributed by atoms with Gasteiger partial charge < -0.3 is 4.74 Å². The lowest BCUT2D eigenvalue weighted by molar-refractivity contribution is -0.171. The maximum atomic E-state index is 12.0. The molecule has 0 fully saturated rings. The van der Waals surface area contributed by atoms with Gasteiger partial charge in [-0.2, -0.15) is 13.2 Å². The van der Waals surface area contributed by atoms with Crippen molar-refractivity contribution >= 4 is 5.78 Å². The molecular weight excluding hydrogens is 331 g/mol. The first kappa shape index (κ1) is 19.0. The number of carbonyl (C=O) groups excluding carboxylic acids is 1. The van der Waals surface area contributed by atoms with Crippen molar-refractivity contribution in [2.75, 3.05) is 6.61 Å². The number of hydrogen-bond donors (Lipinski definition) is 0. The van der Waals surface area contributed by atoms with Crippen LogP contribution in [0.1, 0.15) is 32.1 Å². The number of Topliss-reactive ketones (excluding diaryl/α,β-unsaturated/α-hetero) is 1. The Morgan fingerprint density at radius 1 is 0.960 bits per heavy atom. The number of alkyl halides is 3. The van der Waals surface area contributed by atoms with E-state index >= 15 is 0 Å². The Hall–Kier alpha value is -2.37. The van der Waals surface area contributed by atoms with Gasteiger partial charge in [-0.15, -0.1) is 0 Å². The largest absolute Gasteiger partial charge is 0.494 e. The summed E-state index contributed by atoms with van der Waals surface area (Å²) in [5.74, 6) is -0.891. The molecule has 2 aromatic rings. The molecule has 0 saturated heterocycles. The Bertz CT molecular complexity index is 672. The minimum absolute atomic E-state index is 0.260. The second-order valence-electron chi connectivity index (χ2n) is 5.70. The van der Waals surface area contributed by atoms with Gasteiger partial charge in [-0.05, 0) is 48.2 Å². The molecule has 0 radical (unpaired) electrons. The van der Waals surface area contributed by atoms with Crippen LogP contribution in [0, 0.1) is 0 Å². The standard InChI is InChI=1S/C19H20F3NO2/c20-19(21,22)18(24)8-3-1-2-4-13-25-17-7-5-6-16(14-17)15-9-11-23-12-10-15/h5-7,9-12,14H,1-4,8,13H2. The highest BCUT2D eigenvalue weighted by molar-refractivity contribution is 5.83. The summed E-state index contributed by atoms with van der Waals surface area (Å²) in [6, 6.07) is 11.5. The molecule has 0 atom stereocenters. The average Bonchev–Trinajstić information content (AvgIpc) is 2.61. The zero-order valence-electron chi connectivity index (χ0n) is 13.8. The maximum Gasteiger partial charge on any atom is 0.449 e. The van der Waals surface area contributed by atoms with Crippen molar-refractivity contribution in [3.63, 3.8) is 0 Å². The molecule has 1 aromatic heterocycles. The van der Waals surface area contributed by atoms with Gasteiger partial charge in [0, 0.05) is 18.8 Å². The van der Waals surface area contributed by atoms with Gasteiger partial charge in [-0.3, -0.25) is 9.78 Å². The number of rotatable bonds is 9. The van der Waals surface area contributed by atoms with E-state index in [1.807, 2.05) is 36.4 Å². The zero-order valence-corrected chi connectivity index (χ0v) is 13.8. The molecule has 134 valence electrons. The number of carbonyl (C=O) groups is 1. The summed E-state index contributed by atoms with van der Waals surface area (Å²) in [5, 5.41) is 0. The molecule has 0 saturated carbocycles. The molecule has 0 amide bonds. The normalized spacial score (nSPS) is 11.3. The third kappa shape index (κ3) is 6.57. The molecule has 0 N–H and O–H groups in total. The Morgan fingerprint density at radius 3 is 2.40 bits per heavy atom. The molecule has 0 bridgehead atoms. The molecule has 0 spiro atoms. The van der Waals surface area contributed by atoms with Gasteiger partial charge >= 0.3 is 6.18 Å². The lowest BCUT2D eigenvalue weighted by Gasteiger charge is -2.08. The topological polar surface area (TPSA) is 39.2 Å². The number of aromatic nitrogens is 1. The van der Waals surface area contributed by atoms with Gasteiger partial charge in [0.1, 0.15) is 5.75 Å². The summed E-state index contributed by atoms with van der Waals surface area (Å²) >= 11 is 0. The Kier molecular flexibility index (Phi) is 6.98. The number of pyridine rings is 1. The summed E-state index contributed by atoms with van der Waals surface area (Å²) in [6.07, 6.45) is 0.632. The second-order valence-corrected chi connectivity index (χ2v) is 5.70. The maximum absolute atomic E-state index is 12.0. The van der Waals surface area contributed by atoms with E-state index in [4.69, 9.17) is 4.74 Å². The molecule has 0 unspecified atom stereocenters. The first-order valence-electron chi connectivity index (χ1n) is 8.20. The first-order chi connectivity index (χ1) is 12.0. The SMILES string of the molecule is O=C(CCCCCCOc1cccc(-c2ccncc2)c1)C(F)(F)F. The summed E-state index contributed by atoms with van der Waals surface area (Å²) in [7, 11) is 0. The van der Waals surface area contributed by atoms with Crippen molar-refractivity contribution in [2.24, 2.45) is 0 Å². The highest BCUT2D eigenvalue weighted by Crippen LogP contribution is 2.23. The fourth-order valence-electron chi connectivity index (χ4n) is 2.38. The molecule has 1 heterocycles. The monoisotopic (exact) mass is 351 g/mol. The van der Waals surface area contributed by atoms with E-state index in [0.29, 0.717) is 13.0 Å². The third-order valence-corrected chi connectivity index (χ3v) is 3.73. The van der Waals surface area contributed by atoms with Crippen molar-refractivity contribution in [3.8, 4) is 16.9 Å². The molecule has 0 aliphatic carbocycles. The Balaban J connectivity index is 1.67. The summed E-state index contributed by atoms with van der Waals surface area (Å²) in [6.45, 7) is 0.493. The fraction of sp³-hybridized carbons (Fsp3) is 0.368. The van der Waals surface area contributed by atoms with Crippen LogP contribution >= 0.6 is 0 Å². The molecule has 1 aromatic carbocycles. The lowest BCUT2D eigenvalue weighted by Crippen LogP contribution is -2.22. The molecule has 25 heavy (non-hydrogen) atoms. The van der Waals surface area contributed by atoms with E-state index < -0.39 is 18.4 Å². The van der Waals surface area contributed by atoms with Crippen LogP contribution in [0.4, 0.5) is 13.2 Å². The lowest BCUT2D eigenvalue weighted by atomic mass is 10.1. The number of hydrogen-bond acceptors (Lipinski definition) is 3. The van der Waals surface area contributed by atoms with Crippen LogP contribution in [0.15, 0.2) is 48.8 Å². The van der Waals surface area contributed by atoms with Gasteiger partial charge in [-0.1, -0.05) is 25.0 Å². The molecule has 3 nitrogen and oxygen atoms in total. The van der Waals surface area contributed by atoms with Crippen LogP contribution < -0.4 is 4.74 Å². The molecule has 0 aliphatic heterocycles. The van der Waals surface area contributed by atoms with Crippen LogP contribution in [0.3, 0.4) is 0 Å². The van der Waals surface area contributed by atoms with Crippen molar-refractivity contribution in [3.05, 3.63) is 48.8 Å². The number of ether oxygens (including phenoxy) is 1. The van der Waals surface area contributed by atoms with Crippen LogP contribution in [0.25, 0.3) is 11.1 Å². The predicted molar refractivity (Wildman–Crippen MR) is 89.3 cm³/mol. The summed E-state index contributed by atoms with van der Waals surface area (Å²) in [5.41, 5.74) is 2.08. The zero-order chi connectivity index (χ0) is 18.1. The third-order valence-electron chi connectivity index (χ3n) is 3.73. The molecular formula is C19H20F3NO2. The van der Waals surface area contributed by atoms with Gasteiger partial charge in [0.05, 0.1) is 6.61 Å². The highest BCUT2D eigenvalue weighted by atomic mass is 19.4. The Morgan fingerprint density at radius 2 is 1.68 bits per heavy atom. The van der Waals surface area contributed by atoms with E-state index in [1.54, 1.807) is 12.4 Å². The summed E-state index contributed by atoms with van der Waals surface area (Å²) < 4.78 is 41.8. The smallest absolute Gasteiger partial charge is 0.449 e. The second kappa shape index (κ2) is 9.20. The van der Waals surface area contributed by atoms with E-state index in [0.717, 1.165) is 29.7 Å². The predicted octanol–water partition coefficient (Wildman–Crippen LogP) is 5.21. The van der Waals surface area contributed by atoms with Crippen LogP contribution in [0.5, 0.6) is 5.75 Å². The van der Waals surface area contributed by atoms with Gasteiger partial charge in [0.25, 0.3) is 0 Å². The van der Waals surface area contributed by atoms with Crippen molar-refractivity contribution in [1.82, 2.24) is 4.98 Å². The number of nitrogens with zero attached hydrogens (tertiary/aromatic N) is 1. The van der Waals surface area contributed by atoms with E-state index in [-0.39, 0.29) is 6.42 Å². The van der Waals surface area contributed by atoms with Crippen molar-refractivity contribution in [2.45, 2.75) is 38.3 Å². The van der Waals surface area contributed by atoms with Crippen molar-refractivity contribution < 1.29 is 22.7 Å². The van der Waals surface area contributed by atoms with E-state index in [9.17, 15) is 18.0 Å². The summed E-state index contributed by atoms with van der Waals surface area (Å²) in [4.78, 5) is 14.7. The van der Waals surface area contributed by atoms with Crippen LogP contribution in [-0.4, -0.2) is 23.6 Å². The van der Waals surface area contributed by atoms with Crippen LogP contribution in [-0.2, 0) is 4.79 Å². The van der Waals surface area contributed by atoms with E-state index in [2.05, 4.69) is 4.98 Å². The Labute approximate surface area is 144 Å². The first-order valence-corrected chi connectivity index (χ1v) is 8.20. The molecule has 6 heteroatoms. The van der Waals surface area contributed by atoms with Crippen LogP contribution in [0.2, 0.25) is 0 Å². The van der Waals surface area contributed by atoms with Gasteiger partial charge in [0.2, 0.25) is 5.78 Å². The van der Waals surface area contributed by atoms with E-state index in [1.165, 1.54) is 0 Å². The van der Waals surface area contributed by atoms with Crippen molar-refractivity contribution in [1.29, 1.82) is 0 Å². The molecule has 2 rings (SSSR count). The number of ketones is 1. The highest BCUT2D eigenvalue weighted by Gasteiger charge is 2.36. The minimum atomic E-state index is -4.71. The number of unbranched alkanes of at least 4 members (excludes halogenated alkanes) is 3. The van der Waals surface area contributed by atoms with Gasteiger partial charge in [0.15, 0.2) is 0 Å². The van der Waals surface area contributed by atoms with Gasteiger partial charge in [-0.25, -0.2) is 0 Å². The molecule has 0 aliphatic rings.